The Kier molecular flexibility index (Phi) is 9.25. The Balaban J connectivity index is 0.00000155. The van der Waals surface area contributed by atoms with Crippen molar-refractivity contribution in [1.29, 1.82) is 0 Å². The maximum Gasteiger partial charge on any atom is 0.417 e. The summed E-state index contributed by atoms with van der Waals surface area (Å²) in [6.07, 6.45) is -4.47. The summed E-state index contributed by atoms with van der Waals surface area (Å²) in [7, 11) is 0. The van der Waals surface area contributed by atoms with Crippen molar-refractivity contribution in [2.45, 2.75) is 26.9 Å². The van der Waals surface area contributed by atoms with Gasteiger partial charge in [0, 0.05) is 58.0 Å². The summed E-state index contributed by atoms with van der Waals surface area (Å²) in [6, 6.07) is 4.02. The molecule has 2 saturated heterocycles. The minimum absolute atomic E-state index is 0.134. The second kappa shape index (κ2) is 11.2. The van der Waals surface area contributed by atoms with E-state index in [1.807, 2.05) is 23.6 Å². The summed E-state index contributed by atoms with van der Waals surface area (Å²) >= 11 is 5.70. The number of carbonyl (C=O) groups excluding carboxylic acids is 1. The molecule has 0 aromatic heterocycles. The number of likely N-dealkylation sites (N-methyl/N-ethyl adjacent to an activating group) is 1. The molecule has 9 heteroatoms. The van der Waals surface area contributed by atoms with Crippen molar-refractivity contribution in [2.24, 2.45) is 0 Å². The number of carbonyl (C=O) groups is 1. The van der Waals surface area contributed by atoms with Gasteiger partial charge in [-0.2, -0.15) is 13.2 Å². The molecule has 0 spiro atoms. The van der Waals surface area contributed by atoms with E-state index in [0.717, 1.165) is 38.8 Å². The van der Waals surface area contributed by atoms with Crippen LogP contribution in [-0.4, -0.2) is 86.1 Å². The summed E-state index contributed by atoms with van der Waals surface area (Å²) in [5.74, 6) is 0.134. The summed E-state index contributed by atoms with van der Waals surface area (Å²) < 4.78 is 39.2. The summed E-state index contributed by atoms with van der Waals surface area (Å²) in [5, 5.41) is -0.288. The molecule has 2 aliphatic heterocycles. The predicted octanol–water partition coefficient (Wildman–Crippen LogP) is 3.67. The maximum absolute atomic E-state index is 13.1. The number of benzene rings is 1. The van der Waals surface area contributed by atoms with Gasteiger partial charge < -0.3 is 14.7 Å². The third-order valence-electron chi connectivity index (χ3n) is 5.52. The van der Waals surface area contributed by atoms with Crippen molar-refractivity contribution in [3.8, 4) is 0 Å². The van der Waals surface area contributed by atoms with Crippen LogP contribution in [0.5, 0.6) is 0 Å². The Morgan fingerprint density at radius 2 is 1.53 bits per heavy atom. The van der Waals surface area contributed by atoms with Crippen molar-refractivity contribution in [3.05, 3.63) is 28.8 Å². The number of nitrogens with zero attached hydrogens (tertiary/aromatic N) is 4. The van der Waals surface area contributed by atoms with Gasteiger partial charge in [-0.1, -0.05) is 32.4 Å². The first-order chi connectivity index (χ1) is 14.3. The second-order valence-corrected chi connectivity index (χ2v) is 7.65. The highest BCUT2D eigenvalue weighted by molar-refractivity contribution is 6.31. The first-order valence-electron chi connectivity index (χ1n) is 10.6. The first-order valence-corrected chi connectivity index (χ1v) is 11.0. The Morgan fingerprint density at radius 3 is 2.07 bits per heavy atom. The van der Waals surface area contributed by atoms with Gasteiger partial charge in [-0.25, -0.2) is 0 Å². The summed E-state index contributed by atoms with van der Waals surface area (Å²) in [4.78, 5) is 20.7. The Bertz CT molecular complexity index is 685. The highest BCUT2D eigenvalue weighted by Crippen LogP contribution is 2.37. The zero-order valence-electron chi connectivity index (χ0n) is 18.0. The molecule has 1 amide bonds. The molecule has 0 saturated carbocycles. The van der Waals surface area contributed by atoms with E-state index in [1.54, 1.807) is 6.07 Å². The van der Waals surface area contributed by atoms with Crippen molar-refractivity contribution < 1.29 is 18.0 Å². The maximum atomic E-state index is 13.1. The fourth-order valence-corrected chi connectivity index (χ4v) is 3.92. The van der Waals surface area contributed by atoms with Crippen LogP contribution in [0.25, 0.3) is 0 Å². The molecular weight excluding hydrogens is 417 g/mol. The highest BCUT2D eigenvalue weighted by atomic mass is 35.5. The molecule has 0 unspecified atom stereocenters. The van der Waals surface area contributed by atoms with E-state index in [2.05, 4.69) is 16.7 Å². The van der Waals surface area contributed by atoms with Crippen LogP contribution in [0.15, 0.2) is 18.2 Å². The van der Waals surface area contributed by atoms with Crippen molar-refractivity contribution in [2.75, 3.05) is 70.3 Å². The smallest absolute Gasteiger partial charge is 0.369 e. The predicted molar refractivity (Wildman–Crippen MR) is 115 cm³/mol. The van der Waals surface area contributed by atoms with E-state index < -0.39 is 11.7 Å². The molecule has 0 radical (unpaired) electrons. The standard InChI is InChI=1S/C19H26ClF3N4O.C2H6/c1-2-24-5-11-27(12-6-24)18(28)14-25-7-9-26(10-8-25)15-3-4-17(20)16(13-15)19(21,22)23;1-2/h3-4,13H,2,5-12,14H2,1H3;1-2H3. The quantitative estimate of drug-likeness (QED) is 0.703. The van der Waals surface area contributed by atoms with Crippen LogP contribution in [-0.2, 0) is 11.0 Å². The van der Waals surface area contributed by atoms with Crippen LogP contribution >= 0.6 is 11.6 Å². The average Bonchev–Trinajstić information content (AvgIpc) is 2.75. The molecule has 2 heterocycles. The molecule has 5 nitrogen and oxygen atoms in total. The van der Waals surface area contributed by atoms with Crippen LogP contribution < -0.4 is 4.90 Å². The lowest BCUT2D eigenvalue weighted by Crippen LogP contribution is -2.53. The lowest BCUT2D eigenvalue weighted by Gasteiger charge is -2.38. The van der Waals surface area contributed by atoms with Crippen molar-refractivity contribution in [3.63, 3.8) is 0 Å². The molecule has 2 fully saturated rings. The number of piperazine rings is 2. The molecule has 30 heavy (non-hydrogen) atoms. The molecule has 170 valence electrons. The SMILES string of the molecule is CC.CCN1CCN(C(=O)CN2CCN(c3ccc(Cl)c(C(F)(F)F)c3)CC2)CC1. The molecule has 1 aromatic carbocycles. The largest absolute Gasteiger partial charge is 0.417 e. The third-order valence-corrected chi connectivity index (χ3v) is 5.85. The highest BCUT2D eigenvalue weighted by Gasteiger charge is 2.34. The number of halogens is 4. The van der Waals surface area contributed by atoms with E-state index >= 15 is 0 Å². The van der Waals surface area contributed by atoms with Gasteiger partial charge in [0.2, 0.25) is 5.91 Å². The fourth-order valence-electron chi connectivity index (χ4n) is 3.70. The van der Waals surface area contributed by atoms with Gasteiger partial charge in [0.15, 0.2) is 0 Å². The van der Waals surface area contributed by atoms with Crippen LogP contribution in [0.2, 0.25) is 5.02 Å². The molecule has 3 rings (SSSR count). The van der Waals surface area contributed by atoms with E-state index in [0.29, 0.717) is 38.4 Å². The fraction of sp³-hybridized carbons (Fsp3) is 0.667. The van der Waals surface area contributed by atoms with Crippen LogP contribution in [0.4, 0.5) is 18.9 Å². The molecule has 0 bridgehead atoms. The van der Waals surface area contributed by atoms with E-state index in [1.165, 1.54) is 6.07 Å². The Morgan fingerprint density at radius 1 is 0.967 bits per heavy atom. The lowest BCUT2D eigenvalue weighted by molar-refractivity contribution is -0.137. The van der Waals surface area contributed by atoms with E-state index in [-0.39, 0.29) is 10.9 Å². The van der Waals surface area contributed by atoms with Crippen molar-refractivity contribution >= 4 is 23.2 Å². The third kappa shape index (κ3) is 6.49. The number of hydrogen-bond acceptors (Lipinski definition) is 4. The molecule has 0 N–H and O–H groups in total. The van der Waals surface area contributed by atoms with Crippen LogP contribution in [0.3, 0.4) is 0 Å². The summed E-state index contributed by atoms with van der Waals surface area (Å²) in [6.45, 7) is 13.3. The van der Waals surface area contributed by atoms with Gasteiger partial charge in [0.25, 0.3) is 0 Å². The topological polar surface area (TPSA) is 30.0 Å². The first kappa shape index (κ1) is 24.8. The molecule has 1 aromatic rings. The van der Waals surface area contributed by atoms with Gasteiger partial charge >= 0.3 is 6.18 Å². The second-order valence-electron chi connectivity index (χ2n) is 7.24. The number of hydrogen-bond donors (Lipinski definition) is 0. The van der Waals surface area contributed by atoms with Crippen LogP contribution in [0.1, 0.15) is 26.3 Å². The number of amides is 1. The molecule has 0 atom stereocenters. The monoisotopic (exact) mass is 448 g/mol. The van der Waals surface area contributed by atoms with Gasteiger partial charge in [-0.05, 0) is 24.7 Å². The van der Waals surface area contributed by atoms with Gasteiger partial charge in [0.05, 0.1) is 17.1 Å². The Hall–Kier alpha value is -1.51. The molecule has 2 aliphatic rings. The minimum atomic E-state index is -4.47. The number of anilines is 1. The number of alkyl halides is 3. The van der Waals surface area contributed by atoms with Gasteiger partial charge in [-0.15, -0.1) is 0 Å². The zero-order chi connectivity index (χ0) is 22.3. The van der Waals surface area contributed by atoms with Gasteiger partial charge in [0.1, 0.15) is 0 Å². The van der Waals surface area contributed by atoms with Crippen LogP contribution in [0, 0.1) is 0 Å². The zero-order valence-corrected chi connectivity index (χ0v) is 18.8. The molecule has 0 aliphatic carbocycles. The Labute approximate surface area is 182 Å². The van der Waals surface area contributed by atoms with E-state index in [9.17, 15) is 18.0 Å². The lowest BCUT2D eigenvalue weighted by atomic mass is 10.1. The average molecular weight is 449 g/mol. The molecular formula is C21H32ClF3N4O. The van der Waals surface area contributed by atoms with E-state index in [4.69, 9.17) is 11.6 Å². The minimum Gasteiger partial charge on any atom is -0.369 e. The van der Waals surface area contributed by atoms with Gasteiger partial charge in [-0.3, -0.25) is 9.69 Å². The normalized spacial score (nSPS) is 18.8. The van der Waals surface area contributed by atoms with Crippen molar-refractivity contribution in [1.82, 2.24) is 14.7 Å². The summed E-state index contributed by atoms with van der Waals surface area (Å²) in [5.41, 5.74) is -0.297. The number of rotatable bonds is 4.